The van der Waals surface area contributed by atoms with E-state index in [1.165, 1.54) is 19.3 Å². The van der Waals surface area contributed by atoms with Crippen LogP contribution in [0, 0.1) is 11.8 Å². The second-order valence-corrected chi connectivity index (χ2v) is 6.15. The molecule has 0 radical (unpaired) electrons. The van der Waals surface area contributed by atoms with Gasteiger partial charge in [0.15, 0.2) is 0 Å². The molecule has 102 valence electrons. The van der Waals surface area contributed by atoms with Crippen LogP contribution in [0.1, 0.15) is 57.8 Å². The highest BCUT2D eigenvalue weighted by Gasteiger charge is 2.33. The zero-order valence-corrected chi connectivity index (χ0v) is 12.1. The molecule has 4 nitrogen and oxygen atoms in total. The number of nitrogens with zero attached hydrogens (tertiary/aromatic N) is 2. The number of hydrogen-bond donors (Lipinski definition) is 2. The fourth-order valence-electron chi connectivity index (χ4n) is 3.05. The van der Waals surface area contributed by atoms with Crippen LogP contribution in [0.3, 0.4) is 0 Å². The highest BCUT2D eigenvalue weighted by molar-refractivity contribution is 6.31. The van der Waals surface area contributed by atoms with E-state index in [9.17, 15) is 0 Å². The Morgan fingerprint density at radius 2 is 2.22 bits per heavy atom. The zero-order valence-electron chi connectivity index (χ0n) is 11.4. The summed E-state index contributed by atoms with van der Waals surface area (Å²) in [6, 6.07) is 0.398. The molecule has 0 amide bonds. The van der Waals surface area contributed by atoms with E-state index in [4.69, 9.17) is 17.4 Å². The molecule has 1 aromatic heterocycles. The second kappa shape index (κ2) is 5.59. The van der Waals surface area contributed by atoms with Gasteiger partial charge in [0.2, 0.25) is 0 Å². The van der Waals surface area contributed by atoms with Crippen molar-refractivity contribution in [2.45, 2.75) is 52.1 Å². The Hall–Kier alpha value is -0.580. The van der Waals surface area contributed by atoms with E-state index < -0.39 is 0 Å². The van der Waals surface area contributed by atoms with Gasteiger partial charge >= 0.3 is 0 Å². The summed E-state index contributed by atoms with van der Waals surface area (Å²) in [5.41, 5.74) is 3.99. The molecule has 0 saturated heterocycles. The Morgan fingerprint density at radius 1 is 1.50 bits per heavy atom. The number of nitrogens with two attached hydrogens (primary N) is 1. The summed E-state index contributed by atoms with van der Waals surface area (Å²) in [5, 5.41) is 5.08. The van der Waals surface area contributed by atoms with Gasteiger partial charge in [0.05, 0.1) is 23.0 Å². The van der Waals surface area contributed by atoms with Crippen molar-refractivity contribution < 1.29 is 0 Å². The highest BCUT2D eigenvalue weighted by atomic mass is 35.5. The Bertz CT molecular complexity index is 402. The standard InChI is InChI=1S/C13H23ClN4/c1-8(2)18-13(11(14)7-16-18)12(17-15)10-5-4-9(3)6-10/h7-10,12,17H,4-6,15H2,1-3H3. The highest BCUT2D eigenvalue weighted by Crippen LogP contribution is 2.40. The third-order valence-corrected chi connectivity index (χ3v) is 4.25. The monoisotopic (exact) mass is 270 g/mol. The average molecular weight is 271 g/mol. The maximum atomic E-state index is 6.30. The Kier molecular flexibility index (Phi) is 4.30. The van der Waals surface area contributed by atoms with E-state index in [1.54, 1.807) is 6.20 Å². The summed E-state index contributed by atoms with van der Waals surface area (Å²) in [6.07, 6.45) is 5.40. The van der Waals surface area contributed by atoms with Crippen LogP contribution in [0.5, 0.6) is 0 Å². The molecule has 1 saturated carbocycles. The lowest BCUT2D eigenvalue weighted by Gasteiger charge is -2.25. The largest absolute Gasteiger partial charge is 0.271 e. The molecule has 1 aromatic rings. The Labute approximate surface area is 114 Å². The molecule has 2 rings (SSSR count). The minimum Gasteiger partial charge on any atom is -0.271 e. The molecule has 1 fully saturated rings. The first-order valence-electron chi connectivity index (χ1n) is 6.73. The molecular weight excluding hydrogens is 248 g/mol. The topological polar surface area (TPSA) is 55.9 Å². The number of rotatable bonds is 4. The van der Waals surface area contributed by atoms with Gasteiger partial charge in [-0.05, 0) is 38.5 Å². The number of hydrogen-bond acceptors (Lipinski definition) is 3. The van der Waals surface area contributed by atoms with Gasteiger partial charge in [0.1, 0.15) is 0 Å². The van der Waals surface area contributed by atoms with Gasteiger partial charge in [-0.2, -0.15) is 5.10 Å². The quantitative estimate of drug-likeness (QED) is 0.653. The smallest absolute Gasteiger partial charge is 0.0834 e. The molecule has 3 N–H and O–H groups in total. The number of aromatic nitrogens is 2. The van der Waals surface area contributed by atoms with Crippen molar-refractivity contribution >= 4 is 11.6 Å². The van der Waals surface area contributed by atoms with Gasteiger partial charge in [0.25, 0.3) is 0 Å². The molecule has 3 unspecified atom stereocenters. The molecule has 1 aliphatic rings. The molecule has 0 spiro atoms. The van der Waals surface area contributed by atoms with Gasteiger partial charge in [-0.3, -0.25) is 16.0 Å². The fraction of sp³-hybridized carbons (Fsp3) is 0.769. The van der Waals surface area contributed by atoms with E-state index in [1.807, 2.05) is 4.68 Å². The second-order valence-electron chi connectivity index (χ2n) is 5.74. The van der Waals surface area contributed by atoms with Gasteiger partial charge in [0, 0.05) is 6.04 Å². The van der Waals surface area contributed by atoms with Crippen molar-refractivity contribution in [2.24, 2.45) is 17.7 Å². The molecule has 3 atom stereocenters. The number of nitrogens with one attached hydrogen (secondary N) is 1. The minimum absolute atomic E-state index is 0.104. The van der Waals surface area contributed by atoms with E-state index in [-0.39, 0.29) is 6.04 Å². The molecule has 0 bridgehead atoms. The SMILES string of the molecule is CC1CCC(C(NN)c2c(Cl)cnn2C(C)C)C1. The van der Waals surface area contributed by atoms with E-state index in [0.29, 0.717) is 17.0 Å². The van der Waals surface area contributed by atoms with Crippen LogP contribution in [0.25, 0.3) is 0 Å². The fourth-order valence-corrected chi connectivity index (χ4v) is 3.29. The summed E-state index contributed by atoms with van der Waals surface area (Å²) in [7, 11) is 0. The van der Waals surface area contributed by atoms with Gasteiger partial charge in [-0.1, -0.05) is 24.9 Å². The van der Waals surface area contributed by atoms with Gasteiger partial charge < -0.3 is 0 Å². The van der Waals surface area contributed by atoms with Crippen molar-refractivity contribution in [2.75, 3.05) is 0 Å². The van der Waals surface area contributed by atoms with Crippen molar-refractivity contribution in [1.29, 1.82) is 0 Å². The van der Waals surface area contributed by atoms with Crippen LogP contribution in [0.2, 0.25) is 5.02 Å². The first kappa shape index (κ1) is 13.8. The predicted molar refractivity (Wildman–Crippen MR) is 74.2 cm³/mol. The van der Waals surface area contributed by atoms with Crippen LogP contribution in [0.15, 0.2) is 6.20 Å². The maximum Gasteiger partial charge on any atom is 0.0834 e. The van der Waals surface area contributed by atoms with E-state index in [2.05, 4.69) is 31.3 Å². The first-order valence-corrected chi connectivity index (χ1v) is 7.11. The first-order chi connectivity index (χ1) is 8.54. The Balaban J connectivity index is 2.29. The molecule has 0 aliphatic heterocycles. The molecule has 0 aromatic carbocycles. The predicted octanol–water partition coefficient (Wildman–Crippen LogP) is 3.06. The normalized spacial score (nSPS) is 25.9. The lowest BCUT2D eigenvalue weighted by Crippen LogP contribution is -2.35. The van der Waals surface area contributed by atoms with E-state index in [0.717, 1.165) is 11.6 Å². The maximum absolute atomic E-state index is 6.30. The van der Waals surface area contributed by atoms with Crippen LogP contribution < -0.4 is 11.3 Å². The molecule has 5 heteroatoms. The molecular formula is C13H23ClN4. The summed E-state index contributed by atoms with van der Waals surface area (Å²) >= 11 is 6.30. The van der Waals surface area contributed by atoms with E-state index >= 15 is 0 Å². The third-order valence-electron chi connectivity index (χ3n) is 3.96. The van der Waals surface area contributed by atoms with Crippen LogP contribution >= 0.6 is 11.6 Å². The Morgan fingerprint density at radius 3 is 2.72 bits per heavy atom. The summed E-state index contributed by atoms with van der Waals surface area (Å²) in [4.78, 5) is 0. The molecule has 18 heavy (non-hydrogen) atoms. The van der Waals surface area contributed by atoms with Gasteiger partial charge in [-0.15, -0.1) is 0 Å². The number of halogens is 1. The van der Waals surface area contributed by atoms with Gasteiger partial charge in [-0.25, -0.2) is 0 Å². The summed E-state index contributed by atoms with van der Waals surface area (Å²) in [6.45, 7) is 6.52. The minimum atomic E-state index is 0.104. The van der Waals surface area contributed by atoms with Crippen molar-refractivity contribution in [3.05, 3.63) is 16.9 Å². The lowest BCUT2D eigenvalue weighted by atomic mass is 9.94. The lowest BCUT2D eigenvalue weighted by molar-refractivity contribution is 0.334. The third kappa shape index (κ3) is 2.56. The summed E-state index contributed by atoms with van der Waals surface area (Å²) in [5.74, 6) is 7.11. The molecule has 1 aliphatic carbocycles. The van der Waals surface area contributed by atoms with Crippen LogP contribution in [-0.4, -0.2) is 9.78 Å². The van der Waals surface area contributed by atoms with Crippen molar-refractivity contribution in [3.8, 4) is 0 Å². The summed E-state index contributed by atoms with van der Waals surface area (Å²) < 4.78 is 1.98. The van der Waals surface area contributed by atoms with Crippen LogP contribution in [-0.2, 0) is 0 Å². The zero-order chi connectivity index (χ0) is 13.3. The number of hydrazine groups is 1. The van der Waals surface area contributed by atoms with Crippen molar-refractivity contribution in [3.63, 3.8) is 0 Å². The van der Waals surface area contributed by atoms with Crippen LogP contribution in [0.4, 0.5) is 0 Å². The van der Waals surface area contributed by atoms with Crippen molar-refractivity contribution in [1.82, 2.24) is 15.2 Å². The average Bonchev–Trinajstić information content (AvgIpc) is 2.88. The molecule has 1 heterocycles.